The van der Waals surface area contributed by atoms with Gasteiger partial charge in [0.1, 0.15) is 0 Å². The van der Waals surface area contributed by atoms with Crippen LogP contribution in [0.1, 0.15) is 19.4 Å². The van der Waals surface area contributed by atoms with Gasteiger partial charge in [-0.3, -0.25) is 9.88 Å². The van der Waals surface area contributed by atoms with Crippen molar-refractivity contribution in [3.8, 4) is 11.1 Å². The van der Waals surface area contributed by atoms with E-state index in [2.05, 4.69) is 29.8 Å². The van der Waals surface area contributed by atoms with Crippen molar-refractivity contribution in [1.82, 2.24) is 9.88 Å². The van der Waals surface area contributed by atoms with Crippen molar-refractivity contribution in [3.05, 3.63) is 52.3 Å². The molecule has 4 heteroatoms. The molecule has 2 rings (SSSR count). The van der Waals surface area contributed by atoms with Crippen molar-refractivity contribution in [2.24, 2.45) is 0 Å². The molecule has 1 heterocycles. The fraction of sp³-hybridized carbons (Fsp3) is 0.312. The molecular formula is C16H18Cl2N2. The fourth-order valence-electron chi connectivity index (χ4n) is 2.11. The van der Waals surface area contributed by atoms with Crippen molar-refractivity contribution in [2.45, 2.75) is 20.4 Å². The summed E-state index contributed by atoms with van der Waals surface area (Å²) in [6, 6.07) is 7.82. The summed E-state index contributed by atoms with van der Waals surface area (Å²) in [4.78, 5) is 6.69. The smallest absolute Gasteiger partial charge is 0.0598 e. The molecule has 2 aromatic rings. The Morgan fingerprint density at radius 2 is 1.70 bits per heavy atom. The molecular weight excluding hydrogens is 291 g/mol. The Labute approximate surface area is 130 Å². The van der Waals surface area contributed by atoms with Crippen LogP contribution in [0.2, 0.25) is 10.0 Å². The zero-order valence-corrected chi connectivity index (χ0v) is 13.2. The molecule has 0 radical (unpaired) electrons. The van der Waals surface area contributed by atoms with E-state index in [4.69, 9.17) is 23.2 Å². The maximum atomic E-state index is 6.07. The average molecular weight is 309 g/mol. The molecule has 0 aliphatic rings. The number of halogens is 2. The van der Waals surface area contributed by atoms with Gasteiger partial charge in [-0.2, -0.15) is 0 Å². The number of hydrogen-bond acceptors (Lipinski definition) is 2. The van der Waals surface area contributed by atoms with Crippen LogP contribution < -0.4 is 0 Å². The Kier molecular flexibility index (Phi) is 5.41. The topological polar surface area (TPSA) is 16.1 Å². The molecule has 0 saturated carbocycles. The van der Waals surface area contributed by atoms with Crippen molar-refractivity contribution < 1.29 is 0 Å². The molecule has 1 aromatic heterocycles. The van der Waals surface area contributed by atoms with Gasteiger partial charge in [-0.25, -0.2) is 0 Å². The summed E-state index contributed by atoms with van der Waals surface area (Å²) in [6.07, 6.45) is 3.77. The number of pyridine rings is 1. The van der Waals surface area contributed by atoms with Gasteiger partial charge < -0.3 is 0 Å². The molecule has 0 unspecified atom stereocenters. The Morgan fingerprint density at radius 3 is 2.35 bits per heavy atom. The van der Waals surface area contributed by atoms with E-state index in [1.807, 2.05) is 30.6 Å². The van der Waals surface area contributed by atoms with Crippen molar-refractivity contribution >= 4 is 23.2 Å². The highest BCUT2D eigenvalue weighted by Crippen LogP contribution is 2.28. The van der Waals surface area contributed by atoms with E-state index in [0.717, 1.165) is 30.8 Å². The van der Waals surface area contributed by atoms with E-state index in [0.29, 0.717) is 10.0 Å². The van der Waals surface area contributed by atoms with Crippen LogP contribution in [0, 0.1) is 0 Å². The first kappa shape index (κ1) is 15.3. The van der Waals surface area contributed by atoms with Gasteiger partial charge in [0.05, 0.1) is 10.0 Å². The number of hydrogen-bond donors (Lipinski definition) is 0. The molecule has 0 spiro atoms. The van der Waals surface area contributed by atoms with Crippen molar-refractivity contribution in [2.75, 3.05) is 13.1 Å². The predicted octanol–water partition coefficient (Wildman–Crippen LogP) is 4.90. The van der Waals surface area contributed by atoms with Gasteiger partial charge >= 0.3 is 0 Å². The molecule has 106 valence electrons. The molecule has 20 heavy (non-hydrogen) atoms. The maximum absolute atomic E-state index is 6.07. The number of rotatable bonds is 5. The van der Waals surface area contributed by atoms with Crippen LogP contribution in [0.15, 0.2) is 36.7 Å². The summed E-state index contributed by atoms with van der Waals surface area (Å²) in [5, 5.41) is 1.14. The molecule has 0 aliphatic heterocycles. The highest BCUT2D eigenvalue weighted by molar-refractivity contribution is 6.42. The van der Waals surface area contributed by atoms with E-state index >= 15 is 0 Å². The Morgan fingerprint density at radius 1 is 0.950 bits per heavy atom. The lowest BCUT2D eigenvalue weighted by molar-refractivity contribution is 0.295. The molecule has 0 atom stereocenters. The third-order valence-corrected chi connectivity index (χ3v) is 4.09. The first-order valence-corrected chi connectivity index (χ1v) is 7.51. The van der Waals surface area contributed by atoms with E-state index in [1.54, 1.807) is 0 Å². The molecule has 0 N–H and O–H groups in total. The van der Waals surface area contributed by atoms with E-state index in [9.17, 15) is 0 Å². The largest absolute Gasteiger partial charge is 0.300 e. The minimum absolute atomic E-state index is 0.568. The first-order valence-electron chi connectivity index (χ1n) is 6.75. The van der Waals surface area contributed by atoms with Crippen LogP contribution in [0.25, 0.3) is 11.1 Å². The van der Waals surface area contributed by atoms with Crippen LogP contribution in [0.3, 0.4) is 0 Å². The normalized spacial score (nSPS) is 11.1. The van der Waals surface area contributed by atoms with Gasteiger partial charge in [0, 0.05) is 24.5 Å². The second kappa shape index (κ2) is 7.07. The monoisotopic (exact) mass is 308 g/mol. The van der Waals surface area contributed by atoms with Gasteiger partial charge in [-0.05, 0) is 42.4 Å². The molecule has 0 saturated heterocycles. The van der Waals surface area contributed by atoms with Crippen LogP contribution in [0.4, 0.5) is 0 Å². The lowest BCUT2D eigenvalue weighted by Gasteiger charge is -2.18. The van der Waals surface area contributed by atoms with E-state index in [1.165, 1.54) is 5.56 Å². The predicted molar refractivity (Wildman–Crippen MR) is 86.3 cm³/mol. The quantitative estimate of drug-likeness (QED) is 0.781. The number of nitrogens with zero attached hydrogens (tertiary/aromatic N) is 2. The highest BCUT2D eigenvalue weighted by Gasteiger charge is 2.06. The van der Waals surface area contributed by atoms with Crippen LogP contribution in [0.5, 0.6) is 0 Å². The zero-order valence-electron chi connectivity index (χ0n) is 11.7. The second-order valence-electron chi connectivity index (χ2n) is 4.67. The van der Waals surface area contributed by atoms with Gasteiger partial charge in [0.15, 0.2) is 0 Å². The van der Waals surface area contributed by atoms with Gasteiger partial charge in [-0.15, -0.1) is 0 Å². The van der Waals surface area contributed by atoms with Gasteiger partial charge in [0.25, 0.3) is 0 Å². The minimum atomic E-state index is 0.568. The first-order chi connectivity index (χ1) is 9.63. The molecule has 1 aromatic carbocycles. The van der Waals surface area contributed by atoms with Crippen molar-refractivity contribution in [3.63, 3.8) is 0 Å². The zero-order chi connectivity index (χ0) is 14.5. The van der Waals surface area contributed by atoms with Crippen LogP contribution >= 0.6 is 23.2 Å². The third kappa shape index (κ3) is 3.72. The summed E-state index contributed by atoms with van der Waals surface area (Å²) >= 11 is 12.0. The summed E-state index contributed by atoms with van der Waals surface area (Å²) < 4.78 is 0. The molecule has 0 fully saturated rings. The van der Waals surface area contributed by atoms with E-state index < -0.39 is 0 Å². The minimum Gasteiger partial charge on any atom is -0.300 e. The summed E-state index contributed by atoms with van der Waals surface area (Å²) in [5.41, 5.74) is 3.30. The number of benzene rings is 1. The van der Waals surface area contributed by atoms with Crippen molar-refractivity contribution in [1.29, 1.82) is 0 Å². The van der Waals surface area contributed by atoms with Gasteiger partial charge in [-0.1, -0.05) is 43.1 Å². The lowest BCUT2D eigenvalue weighted by atomic mass is 10.1. The Hall–Kier alpha value is -1.09. The summed E-state index contributed by atoms with van der Waals surface area (Å²) in [5.74, 6) is 0. The summed E-state index contributed by atoms with van der Waals surface area (Å²) in [7, 11) is 0. The third-order valence-electron chi connectivity index (χ3n) is 3.35. The number of aromatic nitrogens is 1. The van der Waals surface area contributed by atoms with Gasteiger partial charge in [0.2, 0.25) is 0 Å². The molecule has 0 bridgehead atoms. The molecule has 2 nitrogen and oxygen atoms in total. The second-order valence-corrected chi connectivity index (χ2v) is 5.49. The maximum Gasteiger partial charge on any atom is 0.0598 e. The van der Waals surface area contributed by atoms with Crippen LogP contribution in [-0.4, -0.2) is 23.0 Å². The molecule has 0 aliphatic carbocycles. The Bertz CT molecular complexity index is 580. The Balaban J connectivity index is 2.27. The SMILES string of the molecule is CCN(CC)Cc1cncc(-c2ccc(Cl)c(Cl)c2)c1. The summed E-state index contributed by atoms with van der Waals surface area (Å²) in [6.45, 7) is 7.32. The van der Waals surface area contributed by atoms with Crippen LogP contribution in [-0.2, 0) is 6.54 Å². The van der Waals surface area contributed by atoms with E-state index in [-0.39, 0.29) is 0 Å². The lowest BCUT2D eigenvalue weighted by Crippen LogP contribution is -2.22. The standard InChI is InChI=1S/C16H18Cl2N2/c1-3-20(4-2)11-12-7-14(10-19-9-12)13-5-6-15(17)16(18)8-13/h5-10H,3-4,11H2,1-2H3. The molecule has 0 amide bonds. The fourth-order valence-corrected chi connectivity index (χ4v) is 2.41. The average Bonchev–Trinajstić information content (AvgIpc) is 2.48. The highest BCUT2D eigenvalue weighted by atomic mass is 35.5.